The molecule has 1 saturated carbocycles. The largest absolute Gasteiger partial charge is 0.405 e. The van der Waals surface area contributed by atoms with E-state index in [1.54, 1.807) is 11.3 Å². The van der Waals surface area contributed by atoms with Crippen LogP contribution in [0, 0.1) is 11.8 Å². The van der Waals surface area contributed by atoms with E-state index < -0.39 is 5.54 Å². The lowest BCUT2D eigenvalue weighted by Gasteiger charge is -2.31. The van der Waals surface area contributed by atoms with Gasteiger partial charge in [-0.1, -0.05) is 36.4 Å². The predicted molar refractivity (Wildman–Crippen MR) is 89.6 cm³/mol. The molecule has 1 aromatic carbocycles. The maximum Gasteiger partial charge on any atom is 0.342 e. The molecule has 0 N–H and O–H groups in total. The average Bonchev–Trinajstić information content (AvgIpc) is 3.34. The number of carbonyl (C=O) groups excluding carboxylic acids is 1. The smallest absolute Gasteiger partial charge is 0.342 e. The number of cyclic esters (lactones) is 1. The molecule has 0 amide bonds. The van der Waals surface area contributed by atoms with Crippen molar-refractivity contribution in [1.82, 2.24) is 0 Å². The summed E-state index contributed by atoms with van der Waals surface area (Å²) in [6.45, 7) is 0. The first-order valence-corrected chi connectivity index (χ1v) is 8.76. The number of thiophene rings is 1. The van der Waals surface area contributed by atoms with E-state index in [0.29, 0.717) is 11.8 Å². The quantitative estimate of drug-likeness (QED) is 0.624. The molecule has 0 radical (unpaired) electrons. The van der Waals surface area contributed by atoms with Crippen molar-refractivity contribution in [2.45, 2.75) is 17.9 Å². The molecule has 23 heavy (non-hydrogen) atoms. The van der Waals surface area contributed by atoms with Crippen LogP contribution in [0.25, 0.3) is 0 Å². The molecule has 4 atom stereocenters. The van der Waals surface area contributed by atoms with Gasteiger partial charge >= 0.3 is 5.97 Å². The summed E-state index contributed by atoms with van der Waals surface area (Å²) in [6, 6.07) is 13.9. The highest BCUT2D eigenvalue weighted by atomic mass is 32.1. The van der Waals surface area contributed by atoms with Crippen LogP contribution < -0.4 is 0 Å². The van der Waals surface area contributed by atoms with Crippen molar-refractivity contribution in [3.8, 4) is 0 Å². The molecular weight excluding hydrogens is 306 g/mol. The fourth-order valence-corrected chi connectivity index (χ4v) is 5.27. The molecule has 0 unspecified atom stereocenters. The number of aliphatic imine (C=N–C) groups is 1. The van der Waals surface area contributed by atoms with Gasteiger partial charge in [0.15, 0.2) is 5.54 Å². The van der Waals surface area contributed by atoms with Crippen LogP contribution >= 0.6 is 11.3 Å². The van der Waals surface area contributed by atoms with E-state index in [2.05, 4.69) is 23.6 Å². The first kappa shape index (κ1) is 13.3. The van der Waals surface area contributed by atoms with E-state index in [-0.39, 0.29) is 17.8 Å². The van der Waals surface area contributed by atoms with Crippen LogP contribution in [-0.4, -0.2) is 17.4 Å². The molecule has 2 bridgehead atoms. The standard InChI is InChI=1S/C19H15NO2S/c21-18-19(20-17(22-18)12-5-2-1-3-6-12)14-9-8-13(11-14)16(19)15-7-4-10-23-15/h1-10,13-14,16H,11H2/t13-,14+,16+,19+/m0/s1. The first-order chi connectivity index (χ1) is 11.3. The number of allylic oxidation sites excluding steroid dienone is 1. The highest BCUT2D eigenvalue weighted by molar-refractivity contribution is 7.10. The number of carbonyl (C=O) groups is 1. The van der Waals surface area contributed by atoms with Crippen molar-refractivity contribution in [1.29, 1.82) is 0 Å². The summed E-state index contributed by atoms with van der Waals surface area (Å²) >= 11 is 1.71. The number of esters is 1. The Labute approximate surface area is 138 Å². The van der Waals surface area contributed by atoms with Gasteiger partial charge in [-0.25, -0.2) is 9.79 Å². The Balaban J connectivity index is 1.66. The van der Waals surface area contributed by atoms with E-state index in [0.717, 1.165) is 12.0 Å². The third-order valence-electron chi connectivity index (χ3n) is 5.26. The molecule has 114 valence electrons. The van der Waals surface area contributed by atoms with Crippen molar-refractivity contribution in [2.75, 3.05) is 0 Å². The van der Waals surface area contributed by atoms with E-state index in [4.69, 9.17) is 9.73 Å². The van der Waals surface area contributed by atoms with Crippen LogP contribution in [0.3, 0.4) is 0 Å². The molecule has 4 heteroatoms. The molecule has 5 rings (SSSR count). The average molecular weight is 321 g/mol. The Morgan fingerprint density at radius 2 is 2.00 bits per heavy atom. The number of ether oxygens (including phenoxy) is 1. The van der Waals surface area contributed by atoms with Crippen LogP contribution in [0.15, 0.2) is 65.0 Å². The van der Waals surface area contributed by atoms with Crippen LogP contribution in [0.4, 0.5) is 0 Å². The SMILES string of the molecule is O=C1OC(c2ccccc2)=N[C@@]12[C@@H]1C=C[C@@H](C1)[C@@H]2c1cccs1. The van der Waals surface area contributed by atoms with Gasteiger partial charge in [-0.2, -0.15) is 0 Å². The monoisotopic (exact) mass is 321 g/mol. The molecule has 3 nitrogen and oxygen atoms in total. The van der Waals surface area contributed by atoms with Crippen molar-refractivity contribution in [3.63, 3.8) is 0 Å². The molecular formula is C19H15NO2S. The number of nitrogens with zero attached hydrogens (tertiary/aromatic N) is 1. The van der Waals surface area contributed by atoms with E-state index in [9.17, 15) is 4.79 Å². The third kappa shape index (κ3) is 1.70. The van der Waals surface area contributed by atoms with Crippen LogP contribution in [-0.2, 0) is 9.53 Å². The molecule has 0 saturated heterocycles. The van der Waals surface area contributed by atoms with Gasteiger partial charge < -0.3 is 4.74 Å². The zero-order valence-corrected chi connectivity index (χ0v) is 13.2. The molecule has 2 heterocycles. The number of rotatable bonds is 2. The molecule has 1 aromatic heterocycles. The van der Waals surface area contributed by atoms with Crippen molar-refractivity contribution in [3.05, 3.63) is 70.4 Å². The Bertz CT molecular complexity index is 824. The molecule has 1 aliphatic heterocycles. The van der Waals surface area contributed by atoms with Crippen molar-refractivity contribution in [2.24, 2.45) is 16.8 Å². The van der Waals surface area contributed by atoms with Gasteiger partial charge in [0, 0.05) is 22.3 Å². The lowest BCUT2D eigenvalue weighted by molar-refractivity contribution is -0.140. The number of fused-ring (bicyclic) bond motifs is 3. The van der Waals surface area contributed by atoms with Gasteiger partial charge in [-0.3, -0.25) is 0 Å². The lowest BCUT2D eigenvalue weighted by atomic mass is 9.75. The molecule has 1 fully saturated rings. The second-order valence-electron chi connectivity index (χ2n) is 6.38. The molecule has 2 aromatic rings. The lowest BCUT2D eigenvalue weighted by Crippen LogP contribution is -2.43. The minimum absolute atomic E-state index is 0.103. The molecule has 1 spiro atoms. The maximum absolute atomic E-state index is 12.9. The summed E-state index contributed by atoms with van der Waals surface area (Å²) in [5.41, 5.74) is 0.101. The second kappa shape index (κ2) is 4.65. The second-order valence-corrected chi connectivity index (χ2v) is 7.36. The highest BCUT2D eigenvalue weighted by Crippen LogP contribution is 2.60. The minimum Gasteiger partial charge on any atom is -0.405 e. The summed E-state index contributed by atoms with van der Waals surface area (Å²) in [5.74, 6) is 0.911. The molecule has 2 aliphatic carbocycles. The van der Waals surface area contributed by atoms with Gasteiger partial charge in [0.25, 0.3) is 0 Å². The fourth-order valence-electron chi connectivity index (χ4n) is 4.29. The summed E-state index contributed by atoms with van der Waals surface area (Å²) < 4.78 is 5.65. The third-order valence-corrected chi connectivity index (χ3v) is 6.21. The predicted octanol–water partition coefficient (Wildman–Crippen LogP) is 3.78. The summed E-state index contributed by atoms with van der Waals surface area (Å²) in [6.07, 6.45) is 5.40. The van der Waals surface area contributed by atoms with Gasteiger partial charge in [-0.15, -0.1) is 11.3 Å². The first-order valence-electron chi connectivity index (χ1n) is 7.88. The number of hydrogen-bond donors (Lipinski definition) is 0. The van der Waals surface area contributed by atoms with Gasteiger partial charge in [-0.05, 0) is 35.9 Å². The minimum atomic E-state index is -0.768. The zero-order valence-electron chi connectivity index (χ0n) is 12.4. The van der Waals surface area contributed by atoms with Gasteiger partial charge in [0.2, 0.25) is 5.90 Å². The maximum atomic E-state index is 12.9. The van der Waals surface area contributed by atoms with E-state index in [1.807, 2.05) is 36.4 Å². The van der Waals surface area contributed by atoms with Crippen molar-refractivity contribution >= 4 is 23.2 Å². The van der Waals surface area contributed by atoms with Gasteiger partial charge in [0.1, 0.15) is 0 Å². The van der Waals surface area contributed by atoms with Crippen LogP contribution in [0.5, 0.6) is 0 Å². The Morgan fingerprint density at radius 1 is 1.13 bits per heavy atom. The van der Waals surface area contributed by atoms with Gasteiger partial charge in [0.05, 0.1) is 0 Å². The van der Waals surface area contributed by atoms with Crippen molar-refractivity contribution < 1.29 is 9.53 Å². The molecule has 3 aliphatic rings. The Kier molecular flexibility index (Phi) is 2.68. The van der Waals surface area contributed by atoms with E-state index >= 15 is 0 Å². The Morgan fingerprint density at radius 3 is 2.78 bits per heavy atom. The Hall–Kier alpha value is -2.20. The van der Waals surface area contributed by atoms with E-state index in [1.165, 1.54) is 4.88 Å². The summed E-state index contributed by atoms with van der Waals surface area (Å²) in [5, 5.41) is 2.07. The van der Waals surface area contributed by atoms with Crippen LogP contribution in [0.1, 0.15) is 22.8 Å². The van der Waals surface area contributed by atoms with Crippen LogP contribution in [0.2, 0.25) is 0 Å². The zero-order chi connectivity index (χ0) is 15.4. The summed E-state index contributed by atoms with van der Waals surface area (Å²) in [7, 11) is 0. The topological polar surface area (TPSA) is 38.7 Å². The number of hydrogen-bond acceptors (Lipinski definition) is 4. The highest BCUT2D eigenvalue weighted by Gasteiger charge is 2.65. The number of benzene rings is 1. The normalized spacial score (nSPS) is 34.2. The summed E-state index contributed by atoms with van der Waals surface area (Å²) in [4.78, 5) is 19.0. The fraction of sp³-hybridized carbons (Fsp3) is 0.263.